The van der Waals surface area contributed by atoms with Gasteiger partial charge in [-0.25, -0.2) is 0 Å². The average molecular weight is 323 g/mol. The van der Waals surface area contributed by atoms with E-state index in [1.807, 2.05) is 11.3 Å². The van der Waals surface area contributed by atoms with Gasteiger partial charge in [-0.3, -0.25) is 0 Å². The Hall–Kier alpha value is -0.600. The first kappa shape index (κ1) is 13.8. The van der Waals surface area contributed by atoms with Crippen LogP contribution >= 0.6 is 27.3 Å². The highest BCUT2D eigenvalue weighted by Crippen LogP contribution is 2.36. The van der Waals surface area contributed by atoms with Crippen LogP contribution in [0.15, 0.2) is 41.8 Å². The van der Waals surface area contributed by atoms with Crippen LogP contribution in [0.2, 0.25) is 0 Å². The predicted octanol–water partition coefficient (Wildman–Crippen LogP) is 5.72. The molecular weight excluding hydrogens is 304 g/mol. The van der Waals surface area contributed by atoms with E-state index in [-0.39, 0.29) is 5.41 Å². The fourth-order valence-electron chi connectivity index (χ4n) is 2.17. The molecule has 0 amide bonds. The molecule has 0 bridgehead atoms. The third-order valence-corrected chi connectivity index (χ3v) is 4.78. The summed E-state index contributed by atoms with van der Waals surface area (Å²) in [4.78, 5) is 1.83. The summed E-state index contributed by atoms with van der Waals surface area (Å²) >= 11 is 5.69. The van der Waals surface area contributed by atoms with Crippen LogP contribution in [0.25, 0.3) is 0 Å². The Kier molecular flexibility index (Phi) is 4.29. The van der Waals surface area contributed by atoms with Crippen molar-refractivity contribution >= 4 is 27.3 Å². The topological polar surface area (TPSA) is 0 Å². The SMILES string of the molecule is CC(C)(C)c1ccccc1C(Br)Cc1cccs1. The third kappa shape index (κ3) is 3.24. The van der Waals surface area contributed by atoms with Crippen molar-refractivity contribution in [3.8, 4) is 0 Å². The summed E-state index contributed by atoms with van der Waals surface area (Å²) in [7, 11) is 0. The average Bonchev–Trinajstić information content (AvgIpc) is 2.80. The van der Waals surface area contributed by atoms with E-state index < -0.39 is 0 Å². The zero-order valence-electron chi connectivity index (χ0n) is 11.1. The van der Waals surface area contributed by atoms with Gasteiger partial charge in [0.15, 0.2) is 0 Å². The van der Waals surface area contributed by atoms with Crippen LogP contribution in [0, 0.1) is 0 Å². The van der Waals surface area contributed by atoms with Gasteiger partial charge in [0, 0.05) is 9.70 Å². The van der Waals surface area contributed by atoms with Crippen LogP contribution < -0.4 is 0 Å². The van der Waals surface area contributed by atoms with Gasteiger partial charge in [0.1, 0.15) is 0 Å². The Morgan fingerprint density at radius 3 is 2.44 bits per heavy atom. The molecule has 18 heavy (non-hydrogen) atoms. The van der Waals surface area contributed by atoms with Gasteiger partial charge in [-0.15, -0.1) is 11.3 Å². The van der Waals surface area contributed by atoms with Crippen molar-refractivity contribution in [2.45, 2.75) is 37.4 Å². The second-order valence-electron chi connectivity index (χ2n) is 5.59. The van der Waals surface area contributed by atoms with Crippen molar-refractivity contribution in [2.24, 2.45) is 0 Å². The number of hydrogen-bond donors (Lipinski definition) is 0. The van der Waals surface area contributed by atoms with E-state index in [0.717, 1.165) is 6.42 Å². The summed E-state index contributed by atoms with van der Waals surface area (Å²) in [5.41, 5.74) is 3.04. The summed E-state index contributed by atoms with van der Waals surface area (Å²) in [6.07, 6.45) is 1.06. The van der Waals surface area contributed by atoms with Crippen LogP contribution in [0.5, 0.6) is 0 Å². The van der Waals surface area contributed by atoms with Crippen molar-refractivity contribution in [3.63, 3.8) is 0 Å². The van der Waals surface area contributed by atoms with Crippen molar-refractivity contribution in [2.75, 3.05) is 0 Å². The standard InChI is InChI=1S/C16H19BrS/c1-16(2,3)14-9-5-4-8-13(14)15(17)11-12-7-6-10-18-12/h4-10,15H,11H2,1-3H3. The first-order valence-corrected chi connectivity index (χ1v) is 8.04. The quantitative estimate of drug-likeness (QED) is 0.633. The normalized spacial score (nSPS) is 13.6. The molecule has 2 aromatic rings. The number of rotatable bonds is 3. The molecule has 0 saturated heterocycles. The summed E-state index contributed by atoms with van der Waals surface area (Å²) in [6, 6.07) is 13.1. The predicted molar refractivity (Wildman–Crippen MR) is 84.8 cm³/mol. The minimum Gasteiger partial charge on any atom is -0.149 e. The van der Waals surface area contributed by atoms with Crippen LogP contribution in [-0.4, -0.2) is 0 Å². The zero-order chi connectivity index (χ0) is 13.2. The second kappa shape index (κ2) is 5.58. The van der Waals surface area contributed by atoms with Gasteiger partial charge >= 0.3 is 0 Å². The van der Waals surface area contributed by atoms with Crippen LogP contribution in [0.3, 0.4) is 0 Å². The molecule has 0 fully saturated rings. The molecular formula is C16H19BrS. The van der Waals surface area contributed by atoms with E-state index in [0.29, 0.717) is 4.83 Å². The smallest absolute Gasteiger partial charge is 0.0446 e. The maximum absolute atomic E-state index is 3.86. The van der Waals surface area contributed by atoms with Crippen LogP contribution in [-0.2, 0) is 11.8 Å². The van der Waals surface area contributed by atoms with Crippen LogP contribution in [0.4, 0.5) is 0 Å². The van der Waals surface area contributed by atoms with E-state index in [4.69, 9.17) is 0 Å². The van der Waals surface area contributed by atoms with Crippen molar-refractivity contribution in [3.05, 3.63) is 57.8 Å². The van der Waals surface area contributed by atoms with Gasteiger partial charge in [0.25, 0.3) is 0 Å². The lowest BCUT2D eigenvalue weighted by molar-refractivity contribution is 0.581. The molecule has 96 valence electrons. The first-order valence-electron chi connectivity index (χ1n) is 6.24. The molecule has 0 aliphatic heterocycles. The summed E-state index contributed by atoms with van der Waals surface area (Å²) in [5, 5.41) is 2.14. The van der Waals surface area contributed by atoms with E-state index >= 15 is 0 Å². The molecule has 0 saturated carbocycles. The van der Waals surface area contributed by atoms with Gasteiger partial charge in [0.05, 0.1) is 0 Å². The molecule has 0 radical (unpaired) electrons. The maximum Gasteiger partial charge on any atom is 0.0446 e. The molecule has 2 heteroatoms. The van der Waals surface area contributed by atoms with Gasteiger partial charge in [-0.1, -0.05) is 67.0 Å². The Morgan fingerprint density at radius 1 is 1.11 bits per heavy atom. The highest BCUT2D eigenvalue weighted by Gasteiger charge is 2.21. The van der Waals surface area contributed by atoms with Crippen molar-refractivity contribution in [1.82, 2.24) is 0 Å². The molecule has 0 N–H and O–H groups in total. The second-order valence-corrected chi connectivity index (χ2v) is 7.73. The summed E-state index contributed by atoms with van der Waals surface area (Å²) in [5.74, 6) is 0. The number of alkyl halides is 1. The summed E-state index contributed by atoms with van der Waals surface area (Å²) < 4.78 is 0. The Balaban J connectivity index is 2.27. The van der Waals surface area contributed by atoms with Crippen molar-refractivity contribution in [1.29, 1.82) is 0 Å². The molecule has 2 rings (SSSR count). The molecule has 0 aliphatic rings. The minimum absolute atomic E-state index is 0.193. The molecule has 1 atom stereocenters. The highest BCUT2D eigenvalue weighted by molar-refractivity contribution is 9.09. The number of benzene rings is 1. The Morgan fingerprint density at radius 2 is 1.83 bits per heavy atom. The number of halogens is 1. The number of thiophene rings is 1. The molecule has 1 heterocycles. The molecule has 1 unspecified atom stereocenters. The summed E-state index contributed by atoms with van der Waals surface area (Å²) in [6.45, 7) is 6.82. The minimum atomic E-state index is 0.193. The lowest BCUT2D eigenvalue weighted by Crippen LogP contribution is -2.15. The molecule has 1 aromatic heterocycles. The van der Waals surface area contributed by atoms with E-state index in [1.165, 1.54) is 16.0 Å². The third-order valence-electron chi connectivity index (χ3n) is 3.07. The van der Waals surface area contributed by atoms with Gasteiger partial charge < -0.3 is 0 Å². The molecule has 0 spiro atoms. The first-order chi connectivity index (χ1) is 8.48. The lowest BCUT2D eigenvalue weighted by Gasteiger charge is -2.25. The van der Waals surface area contributed by atoms with Crippen molar-refractivity contribution < 1.29 is 0 Å². The van der Waals surface area contributed by atoms with Crippen LogP contribution in [0.1, 0.15) is 41.6 Å². The fraction of sp³-hybridized carbons (Fsp3) is 0.375. The Labute approximate surface area is 122 Å². The lowest BCUT2D eigenvalue weighted by atomic mass is 9.82. The maximum atomic E-state index is 3.86. The van der Waals surface area contributed by atoms with Gasteiger partial charge in [-0.05, 0) is 34.4 Å². The fourth-order valence-corrected chi connectivity index (χ4v) is 3.88. The van der Waals surface area contributed by atoms with Gasteiger partial charge in [0.2, 0.25) is 0 Å². The largest absolute Gasteiger partial charge is 0.149 e. The highest BCUT2D eigenvalue weighted by atomic mass is 79.9. The van der Waals surface area contributed by atoms with E-state index in [2.05, 4.69) is 78.5 Å². The van der Waals surface area contributed by atoms with E-state index in [9.17, 15) is 0 Å². The Bertz CT molecular complexity index is 494. The molecule has 1 aromatic carbocycles. The van der Waals surface area contributed by atoms with Gasteiger partial charge in [-0.2, -0.15) is 0 Å². The zero-order valence-corrected chi connectivity index (χ0v) is 13.5. The monoisotopic (exact) mass is 322 g/mol. The molecule has 0 nitrogen and oxygen atoms in total. The number of hydrogen-bond acceptors (Lipinski definition) is 1. The van der Waals surface area contributed by atoms with E-state index in [1.54, 1.807) is 0 Å². The molecule has 0 aliphatic carbocycles.